The van der Waals surface area contributed by atoms with Crippen LogP contribution in [0.25, 0.3) is 0 Å². The average Bonchev–Trinajstić information content (AvgIpc) is 2.33. The molecule has 0 saturated heterocycles. The van der Waals surface area contributed by atoms with E-state index in [9.17, 15) is 9.90 Å². The van der Waals surface area contributed by atoms with E-state index < -0.39 is 14.6 Å². The summed E-state index contributed by atoms with van der Waals surface area (Å²) in [6.07, 6.45) is 0.465. The van der Waals surface area contributed by atoms with E-state index in [4.69, 9.17) is 9.79 Å². The molecule has 0 aromatic heterocycles. The molecule has 1 rings (SSSR count). The first-order valence-corrected chi connectivity index (χ1v) is 8.74. The summed E-state index contributed by atoms with van der Waals surface area (Å²) in [4.78, 5) is 28.9. The molecule has 130 valence electrons. The number of aromatic hydroxyl groups is 1. The number of carbonyl (C=O) groups excluding carboxylic acids is 1. The Morgan fingerprint density at radius 3 is 1.83 bits per heavy atom. The predicted molar refractivity (Wildman–Crippen MR) is 91.3 cm³/mol. The van der Waals surface area contributed by atoms with Gasteiger partial charge in [-0.15, -0.1) is 0 Å². The number of benzene rings is 1. The second-order valence-electron chi connectivity index (χ2n) is 7.76. The maximum atomic E-state index is 11.5. The summed E-state index contributed by atoms with van der Waals surface area (Å²) in [5.41, 5.74) is 2.12. The van der Waals surface area contributed by atoms with E-state index in [1.54, 1.807) is 0 Å². The van der Waals surface area contributed by atoms with Crippen molar-refractivity contribution < 1.29 is 24.2 Å². The fraction of sp³-hybridized carbons (Fsp3) is 0.588. The molecule has 23 heavy (non-hydrogen) atoms. The highest BCUT2D eigenvalue weighted by molar-refractivity contribution is 7.40. The van der Waals surface area contributed by atoms with Crippen LogP contribution < -0.4 is 0 Å². The van der Waals surface area contributed by atoms with Crippen molar-refractivity contribution in [2.24, 2.45) is 0 Å². The van der Waals surface area contributed by atoms with Crippen LogP contribution in [-0.2, 0) is 26.6 Å². The lowest BCUT2D eigenvalue weighted by atomic mass is 9.78. The summed E-state index contributed by atoms with van der Waals surface area (Å²) in [5, 5.41) is 10.6. The van der Waals surface area contributed by atoms with Gasteiger partial charge in [0.15, 0.2) is 0 Å². The Labute approximate surface area is 139 Å². The Morgan fingerprint density at radius 2 is 1.48 bits per heavy atom. The van der Waals surface area contributed by atoms with Gasteiger partial charge < -0.3 is 19.4 Å². The van der Waals surface area contributed by atoms with Gasteiger partial charge in [0, 0.05) is 6.42 Å². The fourth-order valence-corrected chi connectivity index (χ4v) is 2.64. The maximum Gasteiger partial charge on any atom is 0.393 e. The van der Waals surface area contributed by atoms with E-state index in [0.29, 0.717) is 12.2 Å². The molecule has 0 atom stereocenters. The van der Waals surface area contributed by atoms with Crippen molar-refractivity contribution in [2.45, 2.75) is 65.2 Å². The zero-order valence-electron chi connectivity index (χ0n) is 14.7. The summed E-state index contributed by atoms with van der Waals surface area (Å²) in [6, 6.07) is 3.80. The van der Waals surface area contributed by atoms with E-state index >= 15 is 0 Å². The lowest BCUT2D eigenvalue weighted by Crippen LogP contribution is -2.18. The van der Waals surface area contributed by atoms with Crippen LogP contribution in [0.4, 0.5) is 0 Å². The molecule has 0 aliphatic heterocycles. The SMILES string of the molecule is CC(C)(C)c1cc(CCC(=O)OP(O)O)cc(C(C)(C)C)c1O. The van der Waals surface area contributed by atoms with Crippen LogP contribution in [0.5, 0.6) is 5.75 Å². The van der Waals surface area contributed by atoms with Gasteiger partial charge in [-0.3, -0.25) is 4.79 Å². The van der Waals surface area contributed by atoms with Crippen LogP contribution in [0.15, 0.2) is 12.1 Å². The summed E-state index contributed by atoms with van der Waals surface area (Å²) >= 11 is 0. The molecule has 1 aromatic rings. The minimum absolute atomic E-state index is 0.0535. The van der Waals surface area contributed by atoms with Crippen molar-refractivity contribution in [1.82, 2.24) is 0 Å². The highest BCUT2D eigenvalue weighted by Crippen LogP contribution is 2.40. The molecule has 0 heterocycles. The molecular weight excluding hydrogens is 315 g/mol. The zero-order valence-corrected chi connectivity index (χ0v) is 15.6. The van der Waals surface area contributed by atoms with Crippen LogP contribution >= 0.6 is 8.60 Å². The maximum absolute atomic E-state index is 11.5. The number of hydrogen-bond acceptors (Lipinski definition) is 5. The molecule has 0 aliphatic rings. The number of carbonyl (C=O) groups is 1. The molecular formula is C17H27O5P. The molecule has 6 heteroatoms. The van der Waals surface area contributed by atoms with Gasteiger partial charge in [-0.1, -0.05) is 53.7 Å². The van der Waals surface area contributed by atoms with Crippen molar-refractivity contribution in [2.75, 3.05) is 0 Å². The molecule has 5 nitrogen and oxygen atoms in total. The Bertz CT molecular complexity index is 532. The van der Waals surface area contributed by atoms with Gasteiger partial charge in [-0.25, -0.2) is 0 Å². The lowest BCUT2D eigenvalue weighted by Gasteiger charge is -2.28. The molecule has 0 saturated carbocycles. The van der Waals surface area contributed by atoms with E-state index in [1.807, 2.05) is 53.7 Å². The normalized spacial score (nSPS) is 12.6. The summed E-state index contributed by atoms with van der Waals surface area (Å²) in [7, 11) is -2.66. The minimum Gasteiger partial charge on any atom is -0.507 e. The quantitative estimate of drug-likeness (QED) is 0.727. The topological polar surface area (TPSA) is 87.0 Å². The number of aryl methyl sites for hydroxylation is 1. The Hall–Kier alpha value is -1.16. The van der Waals surface area contributed by atoms with Gasteiger partial charge in [-0.05, 0) is 33.9 Å². The van der Waals surface area contributed by atoms with Crippen LogP contribution in [0.1, 0.15) is 64.7 Å². The van der Waals surface area contributed by atoms with Gasteiger partial charge in [0.25, 0.3) is 0 Å². The van der Waals surface area contributed by atoms with Crippen molar-refractivity contribution >= 4 is 14.6 Å². The first-order chi connectivity index (χ1) is 10.3. The van der Waals surface area contributed by atoms with Gasteiger partial charge >= 0.3 is 14.6 Å². The Kier molecular flexibility index (Phi) is 6.19. The molecule has 0 bridgehead atoms. The van der Waals surface area contributed by atoms with E-state index in [1.165, 1.54) is 0 Å². The lowest BCUT2D eigenvalue weighted by molar-refractivity contribution is -0.134. The molecule has 1 aromatic carbocycles. The van der Waals surface area contributed by atoms with Gasteiger partial charge in [0.2, 0.25) is 0 Å². The third-order valence-corrected chi connectivity index (χ3v) is 3.95. The smallest absolute Gasteiger partial charge is 0.393 e. The first-order valence-electron chi connectivity index (χ1n) is 7.58. The second-order valence-corrected chi connectivity index (χ2v) is 8.44. The first kappa shape index (κ1) is 19.9. The number of phenolic OH excluding ortho intramolecular Hbond substituents is 1. The van der Waals surface area contributed by atoms with Crippen molar-refractivity contribution in [3.05, 3.63) is 28.8 Å². The van der Waals surface area contributed by atoms with Gasteiger partial charge in [0.1, 0.15) is 5.75 Å². The van der Waals surface area contributed by atoms with Crippen LogP contribution in [0.3, 0.4) is 0 Å². The molecule has 0 amide bonds. The van der Waals surface area contributed by atoms with Gasteiger partial charge in [-0.2, -0.15) is 0 Å². The minimum atomic E-state index is -2.66. The van der Waals surface area contributed by atoms with Crippen LogP contribution in [-0.4, -0.2) is 20.9 Å². The summed E-state index contributed by atoms with van der Waals surface area (Å²) in [5.74, 6) is -0.352. The van der Waals surface area contributed by atoms with Crippen molar-refractivity contribution in [3.63, 3.8) is 0 Å². The molecule has 0 fully saturated rings. The second kappa shape index (κ2) is 7.16. The van der Waals surface area contributed by atoms with Crippen LogP contribution in [0, 0.1) is 0 Å². The average molecular weight is 342 g/mol. The molecule has 0 spiro atoms. The fourth-order valence-electron chi connectivity index (χ4n) is 2.37. The standard InChI is InChI=1S/C17H27O5P/c1-16(2,3)12-9-11(7-8-14(18)22-23(20)21)10-13(15(12)19)17(4,5)6/h9-10,19-21H,7-8H2,1-6H3. The van der Waals surface area contributed by atoms with Crippen molar-refractivity contribution in [3.8, 4) is 5.75 Å². The highest BCUT2D eigenvalue weighted by atomic mass is 31.2. The number of hydrogen-bond donors (Lipinski definition) is 3. The molecule has 3 N–H and O–H groups in total. The monoisotopic (exact) mass is 342 g/mol. The van der Waals surface area contributed by atoms with E-state index in [-0.39, 0.29) is 17.3 Å². The molecule has 0 unspecified atom stereocenters. The Balaban J connectivity index is 3.16. The largest absolute Gasteiger partial charge is 0.507 e. The summed E-state index contributed by atoms with van der Waals surface area (Å²) in [6.45, 7) is 12.2. The number of phenols is 1. The van der Waals surface area contributed by atoms with Crippen molar-refractivity contribution in [1.29, 1.82) is 0 Å². The Morgan fingerprint density at radius 1 is 1.04 bits per heavy atom. The molecule has 0 radical (unpaired) electrons. The van der Waals surface area contributed by atoms with E-state index in [0.717, 1.165) is 16.7 Å². The van der Waals surface area contributed by atoms with E-state index in [2.05, 4.69) is 4.52 Å². The highest BCUT2D eigenvalue weighted by Gasteiger charge is 2.26. The summed E-state index contributed by atoms with van der Waals surface area (Å²) < 4.78 is 4.38. The third-order valence-electron chi connectivity index (χ3n) is 3.59. The third kappa shape index (κ3) is 5.76. The van der Waals surface area contributed by atoms with Gasteiger partial charge in [0.05, 0.1) is 0 Å². The zero-order chi connectivity index (χ0) is 18.0. The van der Waals surface area contributed by atoms with Crippen LogP contribution in [0.2, 0.25) is 0 Å². The number of rotatable bonds is 4. The molecule has 0 aliphatic carbocycles. The predicted octanol–water partition coefficient (Wildman–Crippen LogP) is 3.67.